The van der Waals surface area contributed by atoms with Gasteiger partial charge in [0.25, 0.3) is 5.91 Å². The number of fused-ring (bicyclic) bond motifs is 1. The maximum Gasteiger partial charge on any atom is 0.254 e. The number of likely N-dealkylation sites (tertiary alicyclic amines) is 1. The first kappa shape index (κ1) is 19.3. The van der Waals surface area contributed by atoms with E-state index in [1.165, 1.54) is 12.1 Å². The van der Waals surface area contributed by atoms with E-state index in [0.717, 1.165) is 6.42 Å². The molecule has 1 aromatic carbocycles. The first-order chi connectivity index (χ1) is 13.9. The number of phenolic OH excluding ortho intramolecular Hbond substituents is 1. The van der Waals surface area contributed by atoms with Crippen LogP contribution in [0.1, 0.15) is 29.4 Å². The Balaban J connectivity index is 1.79. The van der Waals surface area contributed by atoms with Crippen molar-refractivity contribution in [1.29, 1.82) is 0 Å². The van der Waals surface area contributed by atoms with Gasteiger partial charge < -0.3 is 15.3 Å². The van der Waals surface area contributed by atoms with Crippen molar-refractivity contribution in [2.45, 2.75) is 26.3 Å². The van der Waals surface area contributed by atoms with E-state index >= 15 is 0 Å². The van der Waals surface area contributed by atoms with Gasteiger partial charge in [-0.1, -0.05) is 6.92 Å². The van der Waals surface area contributed by atoms with E-state index in [1.54, 1.807) is 12.1 Å². The molecule has 29 heavy (non-hydrogen) atoms. The fourth-order valence-electron chi connectivity index (χ4n) is 3.97. The Morgan fingerprint density at radius 2 is 2.17 bits per heavy atom. The average molecular weight is 397 g/mol. The van der Waals surface area contributed by atoms with Gasteiger partial charge in [0.05, 0.1) is 22.3 Å². The van der Waals surface area contributed by atoms with Crippen LogP contribution in [0.5, 0.6) is 5.75 Å². The summed E-state index contributed by atoms with van der Waals surface area (Å²) in [5, 5.41) is 20.5. The fourth-order valence-corrected chi connectivity index (χ4v) is 3.97. The molecule has 1 aliphatic rings. The largest absolute Gasteiger partial charge is 0.505 e. The molecule has 2 atom stereocenters. The third kappa shape index (κ3) is 3.44. The minimum Gasteiger partial charge on any atom is -0.505 e. The van der Waals surface area contributed by atoms with Gasteiger partial charge >= 0.3 is 0 Å². The fraction of sp³-hybridized carbons (Fsp3) is 0.381. The van der Waals surface area contributed by atoms with E-state index in [1.807, 2.05) is 18.9 Å². The minimum absolute atomic E-state index is 0.0884. The van der Waals surface area contributed by atoms with E-state index in [9.17, 15) is 14.3 Å². The van der Waals surface area contributed by atoms with E-state index < -0.39 is 11.6 Å². The Morgan fingerprint density at radius 1 is 1.38 bits per heavy atom. The van der Waals surface area contributed by atoms with Crippen LogP contribution in [0, 0.1) is 18.7 Å². The van der Waals surface area contributed by atoms with E-state index in [0.29, 0.717) is 52.6 Å². The molecule has 3 N–H and O–H groups in total. The van der Waals surface area contributed by atoms with Gasteiger partial charge in [-0.2, -0.15) is 5.10 Å². The summed E-state index contributed by atoms with van der Waals surface area (Å²) in [6.45, 7) is 5.32. The molecule has 0 radical (unpaired) electrons. The topological polar surface area (TPSA) is 94.1 Å². The number of nitrogens with one attached hydrogen (secondary N) is 2. The number of benzene rings is 1. The number of carbonyl (C=O) groups excluding carboxylic acids is 1. The number of aromatic amines is 1. The summed E-state index contributed by atoms with van der Waals surface area (Å²) in [6.07, 6.45) is 0.922. The van der Waals surface area contributed by atoms with Crippen molar-refractivity contribution < 1.29 is 14.3 Å². The van der Waals surface area contributed by atoms with Crippen LogP contribution in [0.15, 0.2) is 24.3 Å². The van der Waals surface area contributed by atoms with Crippen LogP contribution in [0.2, 0.25) is 0 Å². The van der Waals surface area contributed by atoms with E-state index in [4.69, 9.17) is 0 Å². The SMILES string of the molecule is CNC1CN(C(=O)c2cc(-c3ccc(O)c(F)c3)nc3[nH]nc(C)c23)CCC1C. The van der Waals surface area contributed by atoms with Crippen molar-refractivity contribution >= 4 is 16.9 Å². The van der Waals surface area contributed by atoms with Gasteiger partial charge in [0.15, 0.2) is 17.2 Å². The molecule has 3 aromatic rings. The van der Waals surface area contributed by atoms with E-state index in [-0.39, 0.29) is 11.9 Å². The Bertz CT molecular complexity index is 1080. The van der Waals surface area contributed by atoms with Crippen molar-refractivity contribution in [1.82, 2.24) is 25.4 Å². The standard InChI is InChI=1S/C21H24FN5O2/c1-11-6-7-27(10-17(11)23-3)21(29)14-9-16(13-4-5-18(28)15(22)8-13)24-20-19(14)12(2)25-26-20/h4-5,8-9,11,17,23,28H,6-7,10H2,1-3H3,(H,24,25,26). The van der Waals surface area contributed by atoms with Crippen molar-refractivity contribution in [2.24, 2.45) is 5.92 Å². The van der Waals surface area contributed by atoms with Crippen LogP contribution in [0.25, 0.3) is 22.3 Å². The van der Waals surface area contributed by atoms with Gasteiger partial charge in [0.2, 0.25) is 0 Å². The number of aryl methyl sites for hydroxylation is 1. The number of carbonyl (C=O) groups is 1. The predicted octanol–water partition coefficient (Wildman–Crippen LogP) is 2.85. The minimum atomic E-state index is -0.736. The number of halogens is 1. The van der Waals surface area contributed by atoms with Crippen LogP contribution < -0.4 is 5.32 Å². The number of aromatic nitrogens is 3. The maximum atomic E-state index is 13.9. The number of phenols is 1. The Morgan fingerprint density at radius 3 is 2.90 bits per heavy atom. The summed E-state index contributed by atoms with van der Waals surface area (Å²) in [5.41, 5.74) is 2.58. The average Bonchev–Trinajstić information content (AvgIpc) is 3.10. The van der Waals surface area contributed by atoms with Crippen LogP contribution >= 0.6 is 0 Å². The molecular weight excluding hydrogens is 373 g/mol. The molecule has 4 rings (SSSR count). The van der Waals surface area contributed by atoms with Gasteiger partial charge in [-0.15, -0.1) is 0 Å². The number of pyridine rings is 1. The smallest absolute Gasteiger partial charge is 0.254 e. The molecule has 1 fully saturated rings. The molecule has 0 bridgehead atoms. The van der Waals surface area contributed by atoms with Crippen molar-refractivity contribution in [3.8, 4) is 17.0 Å². The number of piperidine rings is 1. The summed E-state index contributed by atoms with van der Waals surface area (Å²) in [7, 11) is 1.91. The quantitative estimate of drug-likeness (QED) is 0.632. The highest BCUT2D eigenvalue weighted by Crippen LogP contribution is 2.30. The van der Waals surface area contributed by atoms with Crippen molar-refractivity contribution in [3.05, 3.63) is 41.3 Å². The molecule has 7 nitrogen and oxygen atoms in total. The Kier molecular flexibility index (Phi) is 4.96. The van der Waals surface area contributed by atoms with Crippen LogP contribution in [0.4, 0.5) is 4.39 Å². The second kappa shape index (κ2) is 7.44. The molecule has 2 aromatic heterocycles. The van der Waals surface area contributed by atoms with Gasteiger partial charge in [0.1, 0.15) is 0 Å². The number of amides is 1. The number of H-pyrrole nitrogens is 1. The summed E-state index contributed by atoms with van der Waals surface area (Å²) in [5.74, 6) is -0.758. The second-order valence-corrected chi connectivity index (χ2v) is 7.67. The molecular formula is C21H24FN5O2. The molecule has 1 amide bonds. The summed E-state index contributed by atoms with van der Waals surface area (Å²) >= 11 is 0. The number of rotatable bonds is 3. The van der Waals surface area contributed by atoms with Crippen LogP contribution in [-0.4, -0.2) is 57.3 Å². The lowest BCUT2D eigenvalue weighted by Crippen LogP contribution is -2.51. The van der Waals surface area contributed by atoms with Crippen molar-refractivity contribution in [2.75, 3.05) is 20.1 Å². The van der Waals surface area contributed by atoms with Gasteiger partial charge in [-0.05, 0) is 50.6 Å². The molecule has 8 heteroatoms. The lowest BCUT2D eigenvalue weighted by Gasteiger charge is -2.37. The first-order valence-electron chi connectivity index (χ1n) is 9.70. The molecule has 0 saturated carbocycles. The summed E-state index contributed by atoms with van der Waals surface area (Å²) < 4.78 is 13.9. The number of aromatic hydroxyl groups is 1. The highest BCUT2D eigenvalue weighted by atomic mass is 19.1. The normalized spacial score (nSPS) is 19.7. The molecule has 3 heterocycles. The Labute approximate surface area is 167 Å². The molecule has 152 valence electrons. The highest BCUT2D eigenvalue weighted by Gasteiger charge is 2.30. The van der Waals surface area contributed by atoms with Crippen LogP contribution in [0.3, 0.4) is 0 Å². The highest BCUT2D eigenvalue weighted by molar-refractivity contribution is 6.07. The van der Waals surface area contributed by atoms with E-state index in [2.05, 4.69) is 27.4 Å². The van der Waals surface area contributed by atoms with Gasteiger partial charge in [-0.25, -0.2) is 9.37 Å². The number of hydrogen-bond donors (Lipinski definition) is 3. The lowest BCUT2D eigenvalue weighted by molar-refractivity contribution is 0.0656. The predicted molar refractivity (Wildman–Crippen MR) is 108 cm³/mol. The molecule has 0 spiro atoms. The number of nitrogens with zero attached hydrogens (tertiary/aromatic N) is 3. The molecule has 1 aliphatic heterocycles. The van der Waals surface area contributed by atoms with Gasteiger partial charge in [-0.3, -0.25) is 9.89 Å². The van der Waals surface area contributed by atoms with Gasteiger partial charge in [0, 0.05) is 24.7 Å². The monoisotopic (exact) mass is 397 g/mol. The zero-order chi connectivity index (χ0) is 20.7. The lowest BCUT2D eigenvalue weighted by atomic mass is 9.93. The Hall–Kier alpha value is -3.00. The number of hydrogen-bond acceptors (Lipinski definition) is 5. The third-order valence-electron chi connectivity index (χ3n) is 5.80. The zero-order valence-corrected chi connectivity index (χ0v) is 16.7. The van der Waals surface area contributed by atoms with Crippen molar-refractivity contribution in [3.63, 3.8) is 0 Å². The summed E-state index contributed by atoms with van der Waals surface area (Å²) in [4.78, 5) is 19.8. The zero-order valence-electron chi connectivity index (χ0n) is 16.7. The second-order valence-electron chi connectivity index (χ2n) is 7.67. The summed E-state index contributed by atoms with van der Waals surface area (Å²) in [6, 6.07) is 5.98. The number of likely N-dealkylation sites (N-methyl/N-ethyl adjacent to an activating group) is 1. The molecule has 1 saturated heterocycles. The molecule has 2 unspecified atom stereocenters. The first-order valence-corrected chi connectivity index (χ1v) is 9.70. The third-order valence-corrected chi connectivity index (χ3v) is 5.80. The van der Waals surface area contributed by atoms with Crippen LogP contribution in [-0.2, 0) is 0 Å². The molecule has 0 aliphatic carbocycles. The maximum absolute atomic E-state index is 13.9.